The maximum Gasteiger partial charge on any atom is 0.286 e. The van der Waals surface area contributed by atoms with Crippen molar-refractivity contribution in [2.75, 3.05) is 6.54 Å². The smallest absolute Gasteiger partial charge is 0.286 e. The quantitative estimate of drug-likeness (QED) is 0.365. The molecule has 0 aliphatic heterocycles. The van der Waals surface area contributed by atoms with Crippen LogP contribution in [-0.2, 0) is 13.0 Å². The second-order valence-corrected chi connectivity index (χ2v) is 4.50. The summed E-state index contributed by atoms with van der Waals surface area (Å²) in [6.07, 6.45) is 1.78. The highest BCUT2D eigenvalue weighted by atomic mass is 16.4. The van der Waals surface area contributed by atoms with E-state index in [4.69, 9.17) is 9.95 Å². The molecule has 1 amide bonds. The predicted octanol–water partition coefficient (Wildman–Crippen LogP) is 3.45. The third kappa shape index (κ3) is 4.71. The number of hydrogen-bond acceptors (Lipinski definition) is 3. The van der Waals surface area contributed by atoms with Crippen molar-refractivity contribution in [1.82, 2.24) is 5.32 Å². The fourth-order valence-corrected chi connectivity index (χ4v) is 1.91. The van der Waals surface area contributed by atoms with E-state index in [1.165, 1.54) is 5.56 Å². The van der Waals surface area contributed by atoms with Crippen molar-refractivity contribution in [1.29, 1.82) is 0 Å². The van der Waals surface area contributed by atoms with Crippen molar-refractivity contribution in [3.63, 3.8) is 0 Å². The van der Waals surface area contributed by atoms with E-state index in [2.05, 4.69) is 27.5 Å². The van der Waals surface area contributed by atoms with Gasteiger partial charge in [-0.05, 0) is 36.1 Å². The van der Waals surface area contributed by atoms with Gasteiger partial charge in [-0.1, -0.05) is 35.4 Å². The molecule has 6 heteroatoms. The summed E-state index contributed by atoms with van der Waals surface area (Å²) in [6.45, 7) is 0.692. The molecule has 108 valence electrons. The molecule has 0 unspecified atom stereocenters. The summed E-state index contributed by atoms with van der Waals surface area (Å²) in [6, 6.07) is 13.3. The lowest BCUT2D eigenvalue weighted by molar-refractivity contribution is 0.0924. The van der Waals surface area contributed by atoms with E-state index in [1.54, 1.807) is 12.1 Å². The lowest BCUT2D eigenvalue weighted by Gasteiger charge is -2.03. The number of carbonyl (C=O) groups excluding carboxylic acids is 1. The fraction of sp³-hybridized carbons (Fsp3) is 0.267. The average molecular weight is 284 g/mol. The van der Waals surface area contributed by atoms with Gasteiger partial charge in [0.1, 0.15) is 5.76 Å². The Kier molecular flexibility index (Phi) is 5.43. The van der Waals surface area contributed by atoms with Crippen LogP contribution in [0, 0.1) is 0 Å². The van der Waals surface area contributed by atoms with Gasteiger partial charge >= 0.3 is 0 Å². The van der Waals surface area contributed by atoms with Gasteiger partial charge in [0.05, 0.1) is 6.54 Å². The Labute approximate surface area is 122 Å². The number of benzene rings is 1. The van der Waals surface area contributed by atoms with Crippen LogP contribution in [0.1, 0.15) is 28.3 Å². The van der Waals surface area contributed by atoms with Crippen molar-refractivity contribution in [3.8, 4) is 0 Å². The first kappa shape index (κ1) is 14.7. The van der Waals surface area contributed by atoms with E-state index in [-0.39, 0.29) is 18.2 Å². The number of rotatable bonds is 7. The summed E-state index contributed by atoms with van der Waals surface area (Å²) >= 11 is 0. The van der Waals surface area contributed by atoms with Gasteiger partial charge in [-0.15, -0.1) is 0 Å². The Balaban J connectivity index is 1.74. The second-order valence-electron chi connectivity index (χ2n) is 4.50. The molecule has 0 spiro atoms. The van der Waals surface area contributed by atoms with Gasteiger partial charge in [0.2, 0.25) is 0 Å². The van der Waals surface area contributed by atoms with Crippen LogP contribution < -0.4 is 5.32 Å². The van der Waals surface area contributed by atoms with Crippen LogP contribution in [0.3, 0.4) is 0 Å². The number of nitrogens with zero attached hydrogens (tertiary/aromatic N) is 3. The summed E-state index contributed by atoms with van der Waals surface area (Å²) in [5.74, 6) is 0.454. The standard InChI is InChI=1S/C15H16N4O2/c16-19-18-11-13-8-9-14(21-13)15(20)17-10-4-7-12-5-2-1-3-6-12/h1-3,5-6,8-9H,4,7,10-11H2,(H,17,20). The SMILES string of the molecule is [N-]=[N+]=NCc1ccc(C(=O)NCCCc2ccccc2)o1. The maximum absolute atomic E-state index is 11.8. The Morgan fingerprint density at radius 1 is 1.24 bits per heavy atom. The number of nitrogens with one attached hydrogen (secondary N) is 1. The van der Waals surface area contributed by atoms with Gasteiger partial charge < -0.3 is 9.73 Å². The first-order valence-electron chi connectivity index (χ1n) is 6.71. The molecule has 1 N–H and O–H groups in total. The van der Waals surface area contributed by atoms with E-state index in [9.17, 15) is 4.79 Å². The second kappa shape index (κ2) is 7.77. The predicted molar refractivity (Wildman–Crippen MR) is 78.7 cm³/mol. The zero-order valence-corrected chi connectivity index (χ0v) is 11.5. The van der Waals surface area contributed by atoms with E-state index in [0.717, 1.165) is 12.8 Å². The summed E-state index contributed by atoms with van der Waals surface area (Å²) in [5, 5.41) is 6.18. The topological polar surface area (TPSA) is 91.0 Å². The number of amides is 1. The molecule has 1 aromatic heterocycles. The molecule has 1 heterocycles. The van der Waals surface area contributed by atoms with Gasteiger partial charge in [0.25, 0.3) is 5.91 Å². The van der Waals surface area contributed by atoms with Crippen LogP contribution in [0.4, 0.5) is 0 Å². The lowest BCUT2D eigenvalue weighted by atomic mass is 10.1. The average Bonchev–Trinajstić information content (AvgIpc) is 2.99. The van der Waals surface area contributed by atoms with Crippen LogP contribution in [0.15, 0.2) is 52.0 Å². The number of carbonyl (C=O) groups is 1. The monoisotopic (exact) mass is 284 g/mol. The molecule has 21 heavy (non-hydrogen) atoms. The molecule has 0 saturated carbocycles. The number of azide groups is 1. The summed E-state index contributed by atoms with van der Waals surface area (Å²) < 4.78 is 5.29. The molecular formula is C15H16N4O2. The van der Waals surface area contributed by atoms with Crippen LogP contribution in [-0.4, -0.2) is 12.5 Å². The van der Waals surface area contributed by atoms with Crippen molar-refractivity contribution < 1.29 is 9.21 Å². The van der Waals surface area contributed by atoms with Gasteiger partial charge in [0.15, 0.2) is 5.76 Å². The Bertz CT molecular complexity index is 630. The molecule has 0 fully saturated rings. The van der Waals surface area contributed by atoms with Crippen molar-refractivity contribution >= 4 is 5.91 Å². The Morgan fingerprint density at radius 2 is 2.05 bits per heavy atom. The molecule has 0 aliphatic carbocycles. The van der Waals surface area contributed by atoms with Gasteiger partial charge in [-0.3, -0.25) is 4.79 Å². The molecule has 0 bridgehead atoms. The van der Waals surface area contributed by atoms with E-state index < -0.39 is 0 Å². The molecule has 0 aliphatic rings. The number of furan rings is 1. The normalized spacial score (nSPS) is 9.90. The summed E-state index contributed by atoms with van der Waals surface area (Å²) in [5.41, 5.74) is 9.47. The largest absolute Gasteiger partial charge is 0.456 e. The number of hydrogen-bond donors (Lipinski definition) is 1. The van der Waals surface area contributed by atoms with Crippen molar-refractivity contribution in [2.24, 2.45) is 5.11 Å². The molecule has 0 atom stereocenters. The highest BCUT2D eigenvalue weighted by molar-refractivity contribution is 5.91. The maximum atomic E-state index is 11.8. The molecule has 2 aromatic rings. The molecular weight excluding hydrogens is 268 g/mol. The minimum absolute atomic E-state index is 0.109. The summed E-state index contributed by atoms with van der Waals surface area (Å²) in [7, 11) is 0. The van der Waals surface area contributed by atoms with Crippen molar-refractivity contribution in [2.45, 2.75) is 19.4 Å². The van der Waals surface area contributed by atoms with E-state index in [1.807, 2.05) is 18.2 Å². The van der Waals surface area contributed by atoms with Crippen LogP contribution in [0.2, 0.25) is 0 Å². The highest BCUT2D eigenvalue weighted by Crippen LogP contribution is 2.09. The summed E-state index contributed by atoms with van der Waals surface area (Å²) in [4.78, 5) is 14.5. The van der Waals surface area contributed by atoms with Crippen LogP contribution in [0.25, 0.3) is 10.4 Å². The molecule has 2 rings (SSSR count). The zero-order chi connectivity index (χ0) is 14.9. The highest BCUT2D eigenvalue weighted by Gasteiger charge is 2.09. The third-order valence-corrected chi connectivity index (χ3v) is 2.95. The van der Waals surface area contributed by atoms with Gasteiger partial charge in [-0.2, -0.15) is 0 Å². The van der Waals surface area contributed by atoms with Crippen LogP contribution >= 0.6 is 0 Å². The molecule has 0 radical (unpaired) electrons. The minimum atomic E-state index is -0.254. The third-order valence-electron chi connectivity index (χ3n) is 2.95. The van der Waals surface area contributed by atoms with Crippen molar-refractivity contribution in [3.05, 3.63) is 70.0 Å². The van der Waals surface area contributed by atoms with E-state index >= 15 is 0 Å². The van der Waals surface area contributed by atoms with E-state index in [0.29, 0.717) is 12.3 Å². The minimum Gasteiger partial charge on any atom is -0.456 e. The zero-order valence-electron chi connectivity index (χ0n) is 11.5. The van der Waals surface area contributed by atoms with Gasteiger partial charge in [-0.25, -0.2) is 0 Å². The first-order chi connectivity index (χ1) is 10.3. The van der Waals surface area contributed by atoms with Crippen LogP contribution in [0.5, 0.6) is 0 Å². The Hall–Kier alpha value is -2.72. The number of aryl methyl sites for hydroxylation is 1. The van der Waals surface area contributed by atoms with Gasteiger partial charge in [0, 0.05) is 11.5 Å². The Morgan fingerprint density at radius 3 is 2.81 bits per heavy atom. The molecule has 0 saturated heterocycles. The fourth-order valence-electron chi connectivity index (χ4n) is 1.91. The lowest BCUT2D eigenvalue weighted by Crippen LogP contribution is -2.24. The molecule has 1 aromatic carbocycles. The first-order valence-corrected chi connectivity index (χ1v) is 6.71. The molecule has 6 nitrogen and oxygen atoms in total.